The van der Waals surface area contributed by atoms with Crippen LogP contribution in [-0.4, -0.2) is 29.7 Å². The molecule has 0 amide bonds. The van der Waals surface area contributed by atoms with Crippen molar-refractivity contribution < 1.29 is 4.52 Å². The molecule has 0 aliphatic rings. The van der Waals surface area contributed by atoms with E-state index in [2.05, 4.69) is 39.1 Å². The molecule has 0 aliphatic heterocycles. The fourth-order valence-corrected chi connectivity index (χ4v) is 2.59. The van der Waals surface area contributed by atoms with Crippen molar-refractivity contribution in [2.45, 2.75) is 47.0 Å². The first-order valence-corrected chi connectivity index (χ1v) is 7.52. The van der Waals surface area contributed by atoms with E-state index < -0.39 is 0 Å². The quantitative estimate of drug-likeness (QED) is 0.717. The summed E-state index contributed by atoms with van der Waals surface area (Å²) in [6, 6.07) is 0. The second-order valence-electron chi connectivity index (χ2n) is 5.94. The summed E-state index contributed by atoms with van der Waals surface area (Å²) in [5, 5.41) is 8.23. The first kappa shape index (κ1) is 14.6. The highest BCUT2D eigenvalue weighted by molar-refractivity contribution is 5.36. The standard InChI is InChI=1S/C15H20N6O/c1-9(2)7-13-19-14(22-20-13)6-5-12-10(3)18-15-16-8-17-21(15)11(12)4/h8-9H,5-7H2,1-4H3. The molecule has 0 aromatic carbocycles. The van der Waals surface area contributed by atoms with E-state index in [1.807, 2.05) is 13.8 Å². The number of nitrogens with zero attached hydrogens (tertiary/aromatic N) is 6. The maximum atomic E-state index is 5.32. The number of hydrogen-bond donors (Lipinski definition) is 0. The lowest BCUT2D eigenvalue weighted by atomic mass is 10.1. The summed E-state index contributed by atoms with van der Waals surface area (Å²) in [5.41, 5.74) is 3.18. The third-order valence-corrected chi connectivity index (χ3v) is 3.68. The van der Waals surface area contributed by atoms with Crippen LogP contribution < -0.4 is 0 Å². The van der Waals surface area contributed by atoms with Crippen molar-refractivity contribution in [2.24, 2.45) is 5.92 Å². The number of aryl methyl sites for hydroxylation is 3. The highest BCUT2D eigenvalue weighted by Gasteiger charge is 2.13. The zero-order chi connectivity index (χ0) is 15.7. The lowest BCUT2D eigenvalue weighted by molar-refractivity contribution is 0.370. The van der Waals surface area contributed by atoms with Crippen LogP contribution in [0.1, 0.15) is 42.5 Å². The largest absolute Gasteiger partial charge is 0.339 e. The van der Waals surface area contributed by atoms with Gasteiger partial charge in [0.2, 0.25) is 5.89 Å². The molecule has 0 N–H and O–H groups in total. The zero-order valence-electron chi connectivity index (χ0n) is 13.4. The third kappa shape index (κ3) is 2.84. The van der Waals surface area contributed by atoms with Crippen molar-refractivity contribution in [3.05, 3.63) is 35.0 Å². The lowest BCUT2D eigenvalue weighted by Crippen LogP contribution is -2.07. The average molecular weight is 300 g/mol. The van der Waals surface area contributed by atoms with Crippen LogP contribution in [0.2, 0.25) is 0 Å². The summed E-state index contributed by atoms with van der Waals surface area (Å²) in [4.78, 5) is 13.1. The minimum atomic E-state index is 0.522. The van der Waals surface area contributed by atoms with Crippen LogP contribution >= 0.6 is 0 Å². The molecule has 0 atom stereocenters. The third-order valence-electron chi connectivity index (χ3n) is 3.68. The van der Waals surface area contributed by atoms with E-state index in [4.69, 9.17) is 4.52 Å². The number of hydrogen-bond acceptors (Lipinski definition) is 6. The predicted molar refractivity (Wildman–Crippen MR) is 80.5 cm³/mol. The van der Waals surface area contributed by atoms with Crippen molar-refractivity contribution in [3.8, 4) is 0 Å². The average Bonchev–Trinajstić information content (AvgIpc) is 3.07. The molecule has 0 unspecified atom stereocenters. The second kappa shape index (κ2) is 5.82. The Bertz CT molecular complexity index is 789. The molecular weight excluding hydrogens is 280 g/mol. The fourth-order valence-electron chi connectivity index (χ4n) is 2.59. The van der Waals surface area contributed by atoms with Crippen LogP contribution in [0.5, 0.6) is 0 Å². The van der Waals surface area contributed by atoms with E-state index in [1.54, 1.807) is 4.52 Å². The number of fused-ring (bicyclic) bond motifs is 1. The Labute approximate surface area is 128 Å². The molecule has 3 aromatic heterocycles. The van der Waals surface area contributed by atoms with Gasteiger partial charge in [-0.15, -0.1) is 0 Å². The lowest BCUT2D eigenvalue weighted by Gasteiger charge is -2.08. The molecule has 0 fully saturated rings. The molecular formula is C15H20N6O. The van der Waals surface area contributed by atoms with Crippen molar-refractivity contribution >= 4 is 5.78 Å². The van der Waals surface area contributed by atoms with E-state index in [-0.39, 0.29) is 0 Å². The summed E-state index contributed by atoms with van der Waals surface area (Å²) in [5.74, 6) is 2.61. The molecule has 0 aliphatic carbocycles. The summed E-state index contributed by atoms with van der Waals surface area (Å²) in [6.07, 6.45) is 3.86. The molecule has 3 rings (SSSR count). The summed E-state index contributed by atoms with van der Waals surface area (Å²) < 4.78 is 7.09. The maximum absolute atomic E-state index is 5.32. The monoisotopic (exact) mass is 300 g/mol. The van der Waals surface area contributed by atoms with Crippen molar-refractivity contribution in [1.82, 2.24) is 29.7 Å². The van der Waals surface area contributed by atoms with Crippen LogP contribution in [0.4, 0.5) is 0 Å². The molecule has 7 heteroatoms. The van der Waals surface area contributed by atoms with Gasteiger partial charge in [0, 0.05) is 24.2 Å². The predicted octanol–water partition coefficient (Wildman–Crippen LogP) is 2.11. The van der Waals surface area contributed by atoms with Gasteiger partial charge in [0.25, 0.3) is 5.78 Å². The van der Waals surface area contributed by atoms with Gasteiger partial charge in [0.1, 0.15) is 6.33 Å². The summed E-state index contributed by atoms with van der Waals surface area (Å²) in [6.45, 7) is 8.31. The molecule has 0 bridgehead atoms. The van der Waals surface area contributed by atoms with Crippen molar-refractivity contribution in [2.75, 3.05) is 0 Å². The van der Waals surface area contributed by atoms with Crippen LogP contribution in [0.15, 0.2) is 10.9 Å². The molecule has 3 heterocycles. The van der Waals surface area contributed by atoms with Crippen LogP contribution in [-0.2, 0) is 19.3 Å². The fraction of sp³-hybridized carbons (Fsp3) is 0.533. The molecule has 7 nitrogen and oxygen atoms in total. The van der Waals surface area contributed by atoms with Gasteiger partial charge in [-0.2, -0.15) is 15.1 Å². The first-order valence-electron chi connectivity index (χ1n) is 7.52. The van der Waals surface area contributed by atoms with Crippen molar-refractivity contribution in [1.29, 1.82) is 0 Å². The Morgan fingerprint density at radius 3 is 2.77 bits per heavy atom. The molecule has 3 aromatic rings. The minimum absolute atomic E-state index is 0.522. The summed E-state index contributed by atoms with van der Waals surface area (Å²) >= 11 is 0. The van der Waals surface area contributed by atoms with E-state index in [0.29, 0.717) is 24.0 Å². The Hall–Kier alpha value is -2.31. The SMILES string of the molecule is Cc1nc2ncnn2c(C)c1CCc1nc(CC(C)C)no1. The van der Waals surface area contributed by atoms with Gasteiger partial charge in [-0.25, -0.2) is 9.50 Å². The Morgan fingerprint density at radius 2 is 2.00 bits per heavy atom. The number of rotatable bonds is 5. The maximum Gasteiger partial charge on any atom is 0.252 e. The van der Waals surface area contributed by atoms with E-state index >= 15 is 0 Å². The first-order chi connectivity index (χ1) is 10.5. The van der Waals surface area contributed by atoms with E-state index in [1.165, 1.54) is 6.33 Å². The Kier molecular flexibility index (Phi) is 3.87. The number of aromatic nitrogens is 6. The van der Waals surface area contributed by atoms with Gasteiger partial charge >= 0.3 is 0 Å². The smallest absolute Gasteiger partial charge is 0.252 e. The van der Waals surface area contributed by atoms with Gasteiger partial charge in [-0.3, -0.25) is 0 Å². The van der Waals surface area contributed by atoms with Gasteiger partial charge in [0.05, 0.1) is 0 Å². The normalized spacial score (nSPS) is 11.7. The van der Waals surface area contributed by atoms with Gasteiger partial charge in [-0.1, -0.05) is 19.0 Å². The second-order valence-corrected chi connectivity index (χ2v) is 5.94. The van der Waals surface area contributed by atoms with Crippen LogP contribution in [0.3, 0.4) is 0 Å². The summed E-state index contributed by atoms with van der Waals surface area (Å²) in [7, 11) is 0. The molecule has 0 saturated carbocycles. The molecule has 0 saturated heterocycles. The van der Waals surface area contributed by atoms with Crippen molar-refractivity contribution in [3.63, 3.8) is 0 Å². The van der Waals surface area contributed by atoms with Gasteiger partial charge in [-0.05, 0) is 31.7 Å². The molecule has 22 heavy (non-hydrogen) atoms. The van der Waals surface area contributed by atoms with Gasteiger partial charge in [0.15, 0.2) is 5.82 Å². The minimum Gasteiger partial charge on any atom is -0.339 e. The van der Waals surface area contributed by atoms with E-state index in [9.17, 15) is 0 Å². The Morgan fingerprint density at radius 1 is 1.18 bits per heavy atom. The zero-order valence-corrected chi connectivity index (χ0v) is 13.4. The highest BCUT2D eigenvalue weighted by Crippen LogP contribution is 2.15. The molecule has 116 valence electrons. The van der Waals surface area contributed by atoms with Crippen LogP contribution in [0, 0.1) is 19.8 Å². The Balaban J connectivity index is 1.77. The molecule has 0 spiro atoms. The molecule has 0 radical (unpaired) electrons. The topological polar surface area (TPSA) is 82.0 Å². The van der Waals surface area contributed by atoms with E-state index in [0.717, 1.165) is 35.6 Å². The van der Waals surface area contributed by atoms with Gasteiger partial charge < -0.3 is 4.52 Å². The highest BCUT2D eigenvalue weighted by atomic mass is 16.5. The van der Waals surface area contributed by atoms with Crippen LogP contribution in [0.25, 0.3) is 5.78 Å².